The Hall–Kier alpha value is -4.08. The summed E-state index contributed by atoms with van der Waals surface area (Å²) in [6.07, 6.45) is 3.93. The number of rotatable bonds is 9. The van der Waals surface area contributed by atoms with Gasteiger partial charge < -0.3 is 20.5 Å². The van der Waals surface area contributed by atoms with Crippen molar-refractivity contribution in [3.05, 3.63) is 88.3 Å². The van der Waals surface area contributed by atoms with Crippen molar-refractivity contribution < 1.29 is 19.1 Å². The topological polar surface area (TPSA) is 107 Å². The van der Waals surface area contributed by atoms with Gasteiger partial charge >= 0.3 is 0 Å². The van der Waals surface area contributed by atoms with Gasteiger partial charge in [0.1, 0.15) is 28.1 Å². The fourth-order valence-electron chi connectivity index (χ4n) is 5.06. The third kappa shape index (κ3) is 6.16. The molecule has 0 unspecified atom stereocenters. The smallest absolute Gasteiger partial charge is 0.273 e. The van der Waals surface area contributed by atoms with E-state index in [0.717, 1.165) is 42.8 Å². The molecule has 1 saturated carbocycles. The second kappa shape index (κ2) is 12.6. The van der Waals surface area contributed by atoms with Crippen LogP contribution >= 0.6 is 23.1 Å². The van der Waals surface area contributed by atoms with Crippen LogP contribution in [0.3, 0.4) is 0 Å². The molecular weight excluding hydrogens is 560 g/mol. The van der Waals surface area contributed by atoms with E-state index in [-0.39, 0.29) is 22.5 Å². The molecule has 8 nitrogen and oxygen atoms in total. The summed E-state index contributed by atoms with van der Waals surface area (Å²) >= 11 is 7.21. The second-order valence-corrected chi connectivity index (χ2v) is 11.0. The Labute approximate surface area is 248 Å². The lowest BCUT2D eigenvalue weighted by atomic mass is 10.0. The Morgan fingerprint density at radius 3 is 2.12 bits per heavy atom. The highest BCUT2D eigenvalue weighted by Crippen LogP contribution is 2.37. The molecule has 1 heterocycles. The molecule has 10 heteroatoms. The van der Waals surface area contributed by atoms with Gasteiger partial charge in [0.15, 0.2) is 0 Å². The summed E-state index contributed by atoms with van der Waals surface area (Å²) in [5.41, 5.74) is 9.18. The van der Waals surface area contributed by atoms with Crippen LogP contribution in [0.25, 0.3) is 11.3 Å². The van der Waals surface area contributed by atoms with Gasteiger partial charge in [0.05, 0.1) is 19.9 Å². The fraction of sp³-hybridized carbons (Fsp3) is 0.258. The van der Waals surface area contributed by atoms with Crippen molar-refractivity contribution in [2.24, 2.45) is 0 Å². The first-order valence-electron chi connectivity index (χ1n) is 13.3. The van der Waals surface area contributed by atoms with Gasteiger partial charge in [-0.1, -0.05) is 36.6 Å². The van der Waals surface area contributed by atoms with Crippen molar-refractivity contribution in [1.82, 2.24) is 9.69 Å². The van der Waals surface area contributed by atoms with Crippen LogP contribution in [0.4, 0.5) is 11.4 Å². The van der Waals surface area contributed by atoms with E-state index in [2.05, 4.69) is 9.69 Å². The molecular formula is C31H31ClN4O4S. The zero-order chi connectivity index (χ0) is 28.9. The molecule has 1 fully saturated rings. The lowest BCUT2D eigenvalue weighted by Crippen LogP contribution is -2.46. The molecule has 0 aliphatic heterocycles. The Morgan fingerprint density at radius 1 is 0.951 bits per heavy atom. The van der Waals surface area contributed by atoms with Gasteiger partial charge in [-0.25, -0.2) is 0 Å². The molecule has 0 bridgehead atoms. The Balaban J connectivity index is 1.59. The normalized spacial score (nSPS) is 13.9. The van der Waals surface area contributed by atoms with Crippen LogP contribution in [-0.2, 0) is 4.79 Å². The zero-order valence-corrected chi connectivity index (χ0v) is 24.4. The number of aromatic nitrogens is 1. The average Bonchev–Trinajstić information content (AvgIpc) is 3.65. The number of nitrogens with zero attached hydrogens (tertiary/aromatic N) is 2. The summed E-state index contributed by atoms with van der Waals surface area (Å²) in [6, 6.07) is 20.3. The Kier molecular flexibility index (Phi) is 8.75. The van der Waals surface area contributed by atoms with Crippen molar-refractivity contribution in [3.63, 3.8) is 0 Å². The van der Waals surface area contributed by atoms with Gasteiger partial charge in [0, 0.05) is 22.3 Å². The van der Waals surface area contributed by atoms with Crippen molar-refractivity contribution >= 4 is 46.3 Å². The predicted octanol–water partition coefficient (Wildman–Crippen LogP) is 6.51. The Bertz CT molecular complexity index is 1500. The van der Waals surface area contributed by atoms with Crippen molar-refractivity contribution in [3.8, 4) is 22.8 Å². The van der Waals surface area contributed by atoms with E-state index in [1.165, 1.54) is 4.90 Å². The number of carbonyl (C=O) groups is 2. The maximum absolute atomic E-state index is 14.4. The number of nitrogen functional groups attached to an aromatic ring is 1. The third-order valence-corrected chi connectivity index (χ3v) is 8.35. The molecule has 0 radical (unpaired) electrons. The first kappa shape index (κ1) is 28.4. The van der Waals surface area contributed by atoms with Crippen LogP contribution < -0.4 is 25.4 Å². The summed E-state index contributed by atoms with van der Waals surface area (Å²) in [5.74, 6) is 0.626. The first-order chi connectivity index (χ1) is 19.9. The van der Waals surface area contributed by atoms with E-state index < -0.39 is 11.9 Å². The number of hydrogen-bond acceptors (Lipinski definition) is 7. The van der Waals surface area contributed by atoms with Crippen LogP contribution in [-0.4, -0.2) is 36.4 Å². The number of halogens is 1. The molecule has 2 amide bonds. The summed E-state index contributed by atoms with van der Waals surface area (Å²) < 4.78 is 15.1. The molecule has 5 rings (SSSR count). The molecule has 1 aliphatic carbocycles. The Morgan fingerprint density at radius 2 is 1.54 bits per heavy atom. The number of methoxy groups -OCH3 is 2. The molecule has 4 aromatic rings. The van der Waals surface area contributed by atoms with Crippen LogP contribution in [0.5, 0.6) is 11.5 Å². The summed E-state index contributed by atoms with van der Waals surface area (Å²) in [7, 11) is 3.17. The van der Waals surface area contributed by atoms with Gasteiger partial charge in [-0.3, -0.25) is 14.5 Å². The summed E-state index contributed by atoms with van der Waals surface area (Å²) in [4.78, 5) is 30.2. The highest BCUT2D eigenvalue weighted by atomic mass is 35.5. The minimum absolute atomic E-state index is 0.0561. The lowest BCUT2D eigenvalue weighted by Gasteiger charge is -2.32. The third-order valence-electron chi connectivity index (χ3n) is 7.25. The molecule has 3 aromatic carbocycles. The molecule has 41 heavy (non-hydrogen) atoms. The van der Waals surface area contributed by atoms with E-state index in [0.29, 0.717) is 33.5 Å². The number of anilines is 2. The largest absolute Gasteiger partial charge is 0.497 e. The standard InChI is InChI=1S/C31H31ClN4O4S/c1-39-24-15-7-19(8-16-24)27-26(33)29(41-35-27)31(38)36(23-13-11-21(32)12-14-23)28(20-9-17-25(40-2)18-10-20)30(37)34-22-5-3-4-6-22/h7-18,22,28H,3-6,33H2,1-2H3,(H,34,37)/t28-/m1/s1. The van der Waals surface area contributed by atoms with Crippen molar-refractivity contribution in [2.45, 2.75) is 37.8 Å². The summed E-state index contributed by atoms with van der Waals surface area (Å²) in [6.45, 7) is 0. The number of ether oxygens (including phenoxy) is 2. The highest BCUT2D eigenvalue weighted by molar-refractivity contribution is 7.09. The molecule has 3 N–H and O–H groups in total. The molecule has 0 saturated heterocycles. The minimum Gasteiger partial charge on any atom is -0.497 e. The van der Waals surface area contributed by atoms with E-state index in [1.807, 2.05) is 24.3 Å². The highest BCUT2D eigenvalue weighted by Gasteiger charge is 2.36. The van der Waals surface area contributed by atoms with Gasteiger partial charge in [0.2, 0.25) is 5.91 Å². The van der Waals surface area contributed by atoms with E-state index in [1.54, 1.807) is 62.8 Å². The number of nitrogens with two attached hydrogens (primary N) is 1. The average molecular weight is 591 g/mol. The number of carbonyl (C=O) groups excluding carboxylic acids is 2. The zero-order valence-electron chi connectivity index (χ0n) is 22.8. The number of amides is 2. The molecule has 212 valence electrons. The molecule has 1 aromatic heterocycles. The quantitative estimate of drug-likeness (QED) is 0.230. The predicted molar refractivity (Wildman–Crippen MR) is 163 cm³/mol. The fourth-order valence-corrected chi connectivity index (χ4v) is 5.94. The van der Waals surface area contributed by atoms with E-state index in [9.17, 15) is 9.59 Å². The van der Waals surface area contributed by atoms with Crippen LogP contribution in [0.2, 0.25) is 5.02 Å². The molecule has 1 atom stereocenters. The van der Waals surface area contributed by atoms with Gasteiger partial charge in [-0.15, -0.1) is 0 Å². The molecule has 1 aliphatic rings. The lowest BCUT2D eigenvalue weighted by molar-refractivity contribution is -0.123. The maximum atomic E-state index is 14.4. The number of nitrogens with one attached hydrogen (secondary N) is 1. The molecule has 0 spiro atoms. The number of benzene rings is 3. The van der Waals surface area contributed by atoms with Crippen molar-refractivity contribution in [1.29, 1.82) is 0 Å². The van der Waals surface area contributed by atoms with Gasteiger partial charge in [-0.05, 0) is 90.6 Å². The van der Waals surface area contributed by atoms with Crippen LogP contribution in [0.1, 0.15) is 47.0 Å². The van der Waals surface area contributed by atoms with Gasteiger partial charge in [0.25, 0.3) is 5.91 Å². The van der Waals surface area contributed by atoms with E-state index in [4.69, 9.17) is 26.8 Å². The SMILES string of the molecule is COc1ccc(-c2nsc(C(=O)N(c3ccc(Cl)cc3)[C@@H](C(=O)NC3CCCC3)c3ccc(OC)cc3)c2N)cc1. The first-order valence-corrected chi connectivity index (χ1v) is 14.5. The summed E-state index contributed by atoms with van der Waals surface area (Å²) in [5, 5.41) is 3.70. The van der Waals surface area contributed by atoms with Crippen molar-refractivity contribution in [2.75, 3.05) is 24.9 Å². The van der Waals surface area contributed by atoms with Crippen LogP contribution in [0.15, 0.2) is 72.8 Å². The number of hydrogen-bond donors (Lipinski definition) is 2. The monoisotopic (exact) mass is 590 g/mol. The second-order valence-electron chi connectivity index (χ2n) is 9.82. The van der Waals surface area contributed by atoms with Gasteiger partial charge in [-0.2, -0.15) is 4.37 Å². The van der Waals surface area contributed by atoms with E-state index >= 15 is 0 Å². The van der Waals surface area contributed by atoms with Crippen LogP contribution in [0, 0.1) is 0 Å². The minimum atomic E-state index is -0.985. The maximum Gasteiger partial charge on any atom is 0.273 e.